The van der Waals surface area contributed by atoms with E-state index in [0.29, 0.717) is 0 Å². The number of aliphatic hydroxyl groups is 1. The Morgan fingerprint density at radius 2 is 2.05 bits per heavy atom. The summed E-state index contributed by atoms with van der Waals surface area (Å²) in [4.78, 5) is 25.2. The van der Waals surface area contributed by atoms with Crippen LogP contribution >= 0.6 is 0 Å². The Labute approximate surface area is 125 Å². The number of nitrogens with zero attached hydrogens (tertiary/aromatic N) is 1. The van der Waals surface area contributed by atoms with Crippen LogP contribution < -0.4 is 5.32 Å². The third kappa shape index (κ3) is 4.04. The number of ether oxygens (including phenoxy) is 1. The van der Waals surface area contributed by atoms with Crippen LogP contribution in [0.4, 0.5) is 0 Å². The Kier molecular flexibility index (Phi) is 5.36. The zero-order chi connectivity index (χ0) is 15.4. The highest BCUT2D eigenvalue weighted by molar-refractivity contribution is 5.80. The number of amides is 2. The summed E-state index contributed by atoms with van der Waals surface area (Å²) in [6.07, 6.45) is 5.98. The second-order valence-corrected chi connectivity index (χ2v) is 5.93. The molecule has 0 unspecified atom stereocenters. The van der Waals surface area contributed by atoms with Crippen LogP contribution in [0, 0.1) is 5.92 Å². The second kappa shape index (κ2) is 7.04. The number of aliphatic hydroxyl groups excluding tert-OH is 1. The minimum absolute atomic E-state index is 0.0285. The molecule has 1 aliphatic carbocycles. The maximum absolute atomic E-state index is 12.0. The van der Waals surface area contributed by atoms with Crippen molar-refractivity contribution in [2.75, 3.05) is 20.7 Å². The summed E-state index contributed by atoms with van der Waals surface area (Å²) >= 11 is 0. The fourth-order valence-corrected chi connectivity index (χ4v) is 2.44. The highest BCUT2D eigenvalue weighted by atomic mass is 16.5. The van der Waals surface area contributed by atoms with E-state index in [0.717, 1.165) is 19.3 Å². The first kappa shape index (κ1) is 16.0. The third-order valence-corrected chi connectivity index (χ3v) is 4.12. The van der Waals surface area contributed by atoms with E-state index in [-0.39, 0.29) is 42.9 Å². The van der Waals surface area contributed by atoms with Gasteiger partial charge in [0.05, 0.1) is 25.2 Å². The summed E-state index contributed by atoms with van der Waals surface area (Å²) in [7, 11) is 3.39. The molecule has 2 amide bonds. The number of hydrogen-bond acceptors (Lipinski definition) is 4. The summed E-state index contributed by atoms with van der Waals surface area (Å²) in [6, 6.07) is -0.325. The Bertz CT molecular complexity index is 418. The van der Waals surface area contributed by atoms with Crippen molar-refractivity contribution in [2.45, 2.75) is 43.9 Å². The molecule has 0 radical (unpaired) electrons. The summed E-state index contributed by atoms with van der Waals surface area (Å²) in [6.45, 7) is -0.188. The molecule has 2 aliphatic rings. The molecule has 2 rings (SSSR count). The van der Waals surface area contributed by atoms with Gasteiger partial charge in [0.15, 0.2) is 0 Å². The van der Waals surface area contributed by atoms with Gasteiger partial charge in [-0.05, 0) is 12.8 Å². The average Bonchev–Trinajstić information content (AvgIpc) is 2.38. The van der Waals surface area contributed by atoms with Gasteiger partial charge >= 0.3 is 0 Å². The average molecular weight is 296 g/mol. The molecule has 0 saturated heterocycles. The maximum atomic E-state index is 12.0. The zero-order valence-corrected chi connectivity index (χ0v) is 12.6. The molecule has 1 heterocycles. The molecule has 3 atom stereocenters. The van der Waals surface area contributed by atoms with E-state index in [9.17, 15) is 14.7 Å². The molecule has 6 heteroatoms. The van der Waals surface area contributed by atoms with Crippen LogP contribution in [-0.2, 0) is 14.3 Å². The van der Waals surface area contributed by atoms with E-state index in [2.05, 4.69) is 5.32 Å². The van der Waals surface area contributed by atoms with Crippen molar-refractivity contribution < 1.29 is 19.4 Å². The second-order valence-electron chi connectivity index (χ2n) is 5.93. The number of rotatable bonds is 5. The molecule has 1 fully saturated rings. The van der Waals surface area contributed by atoms with Crippen LogP contribution in [-0.4, -0.2) is 60.8 Å². The van der Waals surface area contributed by atoms with Crippen molar-refractivity contribution in [1.82, 2.24) is 10.2 Å². The van der Waals surface area contributed by atoms with Gasteiger partial charge in [-0.25, -0.2) is 0 Å². The Balaban J connectivity index is 1.91. The van der Waals surface area contributed by atoms with Gasteiger partial charge in [-0.1, -0.05) is 18.6 Å². The lowest BCUT2D eigenvalue weighted by atomic mass is 9.84. The minimum atomic E-state index is -0.501. The van der Waals surface area contributed by atoms with Crippen LogP contribution in [0.2, 0.25) is 0 Å². The highest BCUT2D eigenvalue weighted by Gasteiger charge is 2.32. The monoisotopic (exact) mass is 296 g/mol. The summed E-state index contributed by atoms with van der Waals surface area (Å²) in [5.41, 5.74) is 0. The lowest BCUT2D eigenvalue weighted by Crippen LogP contribution is -2.51. The Morgan fingerprint density at radius 1 is 1.33 bits per heavy atom. The van der Waals surface area contributed by atoms with Crippen molar-refractivity contribution in [3.05, 3.63) is 12.2 Å². The van der Waals surface area contributed by atoms with E-state index in [1.165, 1.54) is 4.90 Å². The van der Waals surface area contributed by atoms with Gasteiger partial charge < -0.3 is 20.1 Å². The summed E-state index contributed by atoms with van der Waals surface area (Å²) in [5, 5.41) is 12.4. The molecule has 6 nitrogen and oxygen atoms in total. The predicted molar refractivity (Wildman–Crippen MR) is 77.5 cm³/mol. The van der Waals surface area contributed by atoms with E-state index in [1.54, 1.807) is 20.2 Å². The standard InChI is InChI=1S/C15H24N2O4/c1-17(2)14(19)8-11-6-7-12(13(9-18)21-11)16-15(20)10-4-3-5-10/h6-7,10-13,18H,3-5,8-9H2,1-2H3,(H,16,20)/t11-,12-,13+/m1/s1. The van der Waals surface area contributed by atoms with Gasteiger partial charge in [0.2, 0.25) is 11.8 Å². The number of nitrogens with one attached hydrogen (secondary N) is 1. The smallest absolute Gasteiger partial charge is 0.224 e. The van der Waals surface area contributed by atoms with Gasteiger partial charge in [-0.15, -0.1) is 0 Å². The molecule has 2 N–H and O–H groups in total. The van der Waals surface area contributed by atoms with Crippen LogP contribution in [0.25, 0.3) is 0 Å². The fourth-order valence-electron chi connectivity index (χ4n) is 2.44. The van der Waals surface area contributed by atoms with Crippen molar-refractivity contribution >= 4 is 11.8 Å². The van der Waals surface area contributed by atoms with Crippen molar-refractivity contribution in [3.8, 4) is 0 Å². The molecule has 0 bridgehead atoms. The highest BCUT2D eigenvalue weighted by Crippen LogP contribution is 2.27. The largest absolute Gasteiger partial charge is 0.394 e. The number of carbonyl (C=O) groups excluding carboxylic acids is 2. The van der Waals surface area contributed by atoms with E-state index in [4.69, 9.17) is 4.74 Å². The molecule has 118 valence electrons. The van der Waals surface area contributed by atoms with Crippen LogP contribution in [0.5, 0.6) is 0 Å². The van der Waals surface area contributed by atoms with Crippen LogP contribution in [0.3, 0.4) is 0 Å². The normalized spacial score (nSPS) is 28.8. The third-order valence-electron chi connectivity index (χ3n) is 4.12. The quantitative estimate of drug-likeness (QED) is 0.704. The molecule has 0 aromatic heterocycles. The Hall–Kier alpha value is -1.40. The van der Waals surface area contributed by atoms with Crippen molar-refractivity contribution in [2.24, 2.45) is 5.92 Å². The SMILES string of the molecule is CN(C)C(=O)C[C@H]1C=C[C@@H](NC(=O)C2CCC2)[C@H](CO)O1. The van der Waals surface area contributed by atoms with Gasteiger partial charge in [-0.3, -0.25) is 9.59 Å². The van der Waals surface area contributed by atoms with Gasteiger partial charge in [0.1, 0.15) is 6.10 Å². The Morgan fingerprint density at radius 3 is 2.57 bits per heavy atom. The number of carbonyl (C=O) groups is 2. The van der Waals surface area contributed by atoms with Gasteiger partial charge in [0.25, 0.3) is 0 Å². The summed E-state index contributed by atoms with van der Waals surface area (Å²) in [5.74, 6) is 0.102. The molecule has 0 spiro atoms. The molecular weight excluding hydrogens is 272 g/mol. The molecule has 21 heavy (non-hydrogen) atoms. The van der Waals surface area contributed by atoms with Crippen LogP contribution in [0.1, 0.15) is 25.7 Å². The fraction of sp³-hybridized carbons (Fsp3) is 0.733. The lowest BCUT2D eigenvalue weighted by molar-refractivity contribution is -0.135. The van der Waals surface area contributed by atoms with Crippen molar-refractivity contribution in [3.63, 3.8) is 0 Å². The first-order chi connectivity index (χ1) is 10.0. The molecule has 0 aromatic rings. The lowest BCUT2D eigenvalue weighted by Gasteiger charge is -2.34. The topological polar surface area (TPSA) is 78.9 Å². The van der Waals surface area contributed by atoms with E-state index < -0.39 is 6.10 Å². The van der Waals surface area contributed by atoms with Gasteiger partial charge in [-0.2, -0.15) is 0 Å². The molecule has 1 saturated carbocycles. The summed E-state index contributed by atoms with van der Waals surface area (Å²) < 4.78 is 5.70. The molecule has 1 aliphatic heterocycles. The van der Waals surface area contributed by atoms with Crippen molar-refractivity contribution in [1.29, 1.82) is 0 Å². The number of hydrogen-bond donors (Lipinski definition) is 2. The predicted octanol–water partition coefficient (Wildman–Crippen LogP) is 0.0655. The van der Waals surface area contributed by atoms with E-state index in [1.807, 2.05) is 6.08 Å². The molecule has 0 aromatic carbocycles. The minimum Gasteiger partial charge on any atom is -0.394 e. The van der Waals surface area contributed by atoms with E-state index >= 15 is 0 Å². The maximum Gasteiger partial charge on any atom is 0.224 e. The first-order valence-corrected chi connectivity index (χ1v) is 7.46. The van der Waals surface area contributed by atoms with Gasteiger partial charge in [0, 0.05) is 20.0 Å². The molecular formula is C15H24N2O4. The zero-order valence-electron chi connectivity index (χ0n) is 12.6. The first-order valence-electron chi connectivity index (χ1n) is 7.46. The van der Waals surface area contributed by atoms with Crippen LogP contribution in [0.15, 0.2) is 12.2 Å².